The molecule has 1 saturated heterocycles. The SMILES string of the molecule is CC(CCc1ccco1)N1CC(=O)NC(C)(C)C1=O. The number of hydrogen-bond acceptors (Lipinski definition) is 3. The molecule has 1 atom stereocenters. The number of rotatable bonds is 4. The standard InChI is InChI=1S/C14H20N2O3/c1-10(6-7-11-5-4-8-19-11)16-9-12(17)15-14(2,3)13(16)18/h4-5,8,10H,6-7,9H2,1-3H3,(H,15,17). The van der Waals surface area contributed by atoms with Gasteiger partial charge in [-0.2, -0.15) is 0 Å². The average molecular weight is 264 g/mol. The van der Waals surface area contributed by atoms with Gasteiger partial charge in [0.15, 0.2) is 0 Å². The Balaban J connectivity index is 1.99. The Hall–Kier alpha value is -1.78. The van der Waals surface area contributed by atoms with Crippen LogP contribution in [0.1, 0.15) is 33.0 Å². The van der Waals surface area contributed by atoms with Crippen molar-refractivity contribution in [2.45, 2.75) is 45.2 Å². The van der Waals surface area contributed by atoms with Crippen LogP contribution in [-0.4, -0.2) is 34.8 Å². The molecule has 0 radical (unpaired) electrons. The Morgan fingerprint density at radius 1 is 1.47 bits per heavy atom. The van der Waals surface area contributed by atoms with E-state index in [2.05, 4.69) is 5.32 Å². The van der Waals surface area contributed by atoms with Gasteiger partial charge in [-0.3, -0.25) is 9.59 Å². The van der Waals surface area contributed by atoms with Gasteiger partial charge in [-0.15, -0.1) is 0 Å². The molecule has 1 aliphatic rings. The van der Waals surface area contributed by atoms with Crippen LogP contribution >= 0.6 is 0 Å². The van der Waals surface area contributed by atoms with E-state index < -0.39 is 5.54 Å². The summed E-state index contributed by atoms with van der Waals surface area (Å²) < 4.78 is 5.28. The van der Waals surface area contributed by atoms with Crippen molar-refractivity contribution in [1.29, 1.82) is 0 Å². The lowest BCUT2D eigenvalue weighted by Crippen LogP contribution is -2.65. The summed E-state index contributed by atoms with van der Waals surface area (Å²) in [6.07, 6.45) is 3.19. The molecule has 5 nitrogen and oxygen atoms in total. The number of furan rings is 1. The smallest absolute Gasteiger partial charge is 0.248 e. The van der Waals surface area contributed by atoms with E-state index in [1.165, 1.54) is 0 Å². The molecule has 1 unspecified atom stereocenters. The highest BCUT2D eigenvalue weighted by Crippen LogP contribution is 2.18. The van der Waals surface area contributed by atoms with E-state index in [1.807, 2.05) is 19.1 Å². The van der Waals surface area contributed by atoms with Crippen LogP contribution in [0.4, 0.5) is 0 Å². The molecule has 0 aliphatic carbocycles. The molecule has 1 aromatic rings. The second-order valence-corrected chi connectivity index (χ2v) is 5.57. The minimum Gasteiger partial charge on any atom is -0.469 e. The van der Waals surface area contributed by atoms with Crippen molar-refractivity contribution in [3.63, 3.8) is 0 Å². The number of aryl methyl sites for hydroxylation is 1. The monoisotopic (exact) mass is 264 g/mol. The Kier molecular flexibility index (Phi) is 3.64. The normalized spacial score (nSPS) is 20.3. The van der Waals surface area contributed by atoms with Crippen molar-refractivity contribution in [3.05, 3.63) is 24.2 Å². The van der Waals surface area contributed by atoms with Gasteiger partial charge in [-0.25, -0.2) is 0 Å². The lowest BCUT2D eigenvalue weighted by molar-refractivity contribution is -0.150. The van der Waals surface area contributed by atoms with E-state index in [4.69, 9.17) is 4.42 Å². The van der Waals surface area contributed by atoms with Crippen molar-refractivity contribution in [2.75, 3.05) is 6.54 Å². The first kappa shape index (κ1) is 13.6. The van der Waals surface area contributed by atoms with Gasteiger partial charge in [0.2, 0.25) is 11.8 Å². The van der Waals surface area contributed by atoms with Crippen molar-refractivity contribution in [2.24, 2.45) is 0 Å². The Bertz CT molecular complexity index is 465. The van der Waals surface area contributed by atoms with E-state index >= 15 is 0 Å². The minimum atomic E-state index is -0.811. The summed E-state index contributed by atoms with van der Waals surface area (Å²) in [5.74, 6) is 0.772. The molecule has 5 heteroatoms. The lowest BCUT2D eigenvalue weighted by atomic mass is 9.98. The van der Waals surface area contributed by atoms with Crippen LogP contribution in [0.2, 0.25) is 0 Å². The Morgan fingerprint density at radius 3 is 2.84 bits per heavy atom. The summed E-state index contributed by atoms with van der Waals surface area (Å²) in [6, 6.07) is 3.78. The number of carbonyl (C=O) groups excluding carboxylic acids is 2. The summed E-state index contributed by atoms with van der Waals surface area (Å²) in [6.45, 7) is 5.58. The summed E-state index contributed by atoms with van der Waals surface area (Å²) in [4.78, 5) is 25.6. The summed E-state index contributed by atoms with van der Waals surface area (Å²) >= 11 is 0. The second kappa shape index (κ2) is 5.07. The molecule has 0 saturated carbocycles. The molecule has 0 bridgehead atoms. The number of carbonyl (C=O) groups is 2. The number of amides is 2. The highest BCUT2D eigenvalue weighted by atomic mass is 16.3. The topological polar surface area (TPSA) is 62.6 Å². The van der Waals surface area contributed by atoms with Gasteiger partial charge in [0.25, 0.3) is 0 Å². The maximum atomic E-state index is 12.3. The predicted octanol–water partition coefficient (Wildman–Crippen LogP) is 1.34. The number of nitrogens with zero attached hydrogens (tertiary/aromatic N) is 1. The molecule has 1 aromatic heterocycles. The molecule has 0 aromatic carbocycles. The fraction of sp³-hybridized carbons (Fsp3) is 0.571. The van der Waals surface area contributed by atoms with E-state index in [1.54, 1.807) is 25.0 Å². The van der Waals surface area contributed by atoms with Crippen LogP contribution in [-0.2, 0) is 16.0 Å². The van der Waals surface area contributed by atoms with Gasteiger partial charge in [0.1, 0.15) is 11.3 Å². The summed E-state index contributed by atoms with van der Waals surface area (Å²) in [5.41, 5.74) is -0.811. The molecule has 1 fully saturated rings. The van der Waals surface area contributed by atoms with Crippen LogP contribution in [0, 0.1) is 0 Å². The van der Waals surface area contributed by atoms with Gasteiger partial charge in [-0.05, 0) is 39.3 Å². The van der Waals surface area contributed by atoms with Crippen LogP contribution in [0.15, 0.2) is 22.8 Å². The second-order valence-electron chi connectivity index (χ2n) is 5.57. The van der Waals surface area contributed by atoms with Gasteiger partial charge in [0, 0.05) is 12.5 Å². The Labute approximate surface area is 113 Å². The van der Waals surface area contributed by atoms with E-state index in [0.717, 1.165) is 18.6 Å². The third-order valence-electron chi connectivity index (χ3n) is 3.48. The first-order valence-electron chi connectivity index (χ1n) is 6.54. The van der Waals surface area contributed by atoms with E-state index in [9.17, 15) is 9.59 Å². The van der Waals surface area contributed by atoms with Gasteiger partial charge < -0.3 is 14.6 Å². The maximum absolute atomic E-state index is 12.3. The highest BCUT2D eigenvalue weighted by Gasteiger charge is 2.40. The number of piperazine rings is 1. The predicted molar refractivity (Wildman–Crippen MR) is 70.4 cm³/mol. The minimum absolute atomic E-state index is 0.0166. The highest BCUT2D eigenvalue weighted by molar-refractivity contribution is 5.97. The van der Waals surface area contributed by atoms with Crippen molar-refractivity contribution in [3.8, 4) is 0 Å². The number of hydrogen-bond donors (Lipinski definition) is 1. The van der Waals surface area contributed by atoms with Gasteiger partial charge >= 0.3 is 0 Å². The molecule has 2 amide bonds. The van der Waals surface area contributed by atoms with E-state index in [-0.39, 0.29) is 24.4 Å². The lowest BCUT2D eigenvalue weighted by Gasteiger charge is -2.40. The van der Waals surface area contributed by atoms with Crippen LogP contribution in [0.3, 0.4) is 0 Å². The molecule has 104 valence electrons. The van der Waals surface area contributed by atoms with Crippen molar-refractivity contribution >= 4 is 11.8 Å². The first-order chi connectivity index (χ1) is 8.90. The van der Waals surface area contributed by atoms with Crippen molar-refractivity contribution < 1.29 is 14.0 Å². The fourth-order valence-electron chi connectivity index (χ4n) is 2.34. The molecule has 1 aliphatic heterocycles. The molecule has 1 N–H and O–H groups in total. The number of nitrogens with one attached hydrogen (secondary N) is 1. The van der Waals surface area contributed by atoms with Gasteiger partial charge in [-0.1, -0.05) is 0 Å². The molecule has 2 heterocycles. The zero-order valence-corrected chi connectivity index (χ0v) is 11.6. The zero-order valence-electron chi connectivity index (χ0n) is 11.6. The molecule has 0 spiro atoms. The molecular formula is C14H20N2O3. The van der Waals surface area contributed by atoms with Crippen molar-refractivity contribution in [1.82, 2.24) is 10.2 Å². The summed E-state index contributed by atoms with van der Waals surface area (Å²) in [5, 5.41) is 2.71. The van der Waals surface area contributed by atoms with E-state index in [0.29, 0.717) is 0 Å². The van der Waals surface area contributed by atoms with Gasteiger partial charge in [0.05, 0.1) is 12.8 Å². The Morgan fingerprint density at radius 2 is 2.21 bits per heavy atom. The summed E-state index contributed by atoms with van der Waals surface area (Å²) in [7, 11) is 0. The molecule has 2 rings (SSSR count). The third kappa shape index (κ3) is 2.97. The zero-order chi connectivity index (χ0) is 14.0. The first-order valence-corrected chi connectivity index (χ1v) is 6.54. The maximum Gasteiger partial charge on any atom is 0.248 e. The van der Waals surface area contributed by atoms with Crippen LogP contribution in [0.5, 0.6) is 0 Å². The quantitative estimate of drug-likeness (QED) is 0.892. The molecule has 19 heavy (non-hydrogen) atoms. The third-order valence-corrected chi connectivity index (χ3v) is 3.48. The van der Waals surface area contributed by atoms with Crippen LogP contribution < -0.4 is 5.32 Å². The largest absolute Gasteiger partial charge is 0.469 e. The fourth-order valence-corrected chi connectivity index (χ4v) is 2.34. The molecular weight excluding hydrogens is 244 g/mol. The van der Waals surface area contributed by atoms with Crippen LogP contribution in [0.25, 0.3) is 0 Å². The average Bonchev–Trinajstić information content (AvgIpc) is 2.83.